The Balaban J connectivity index is 1.16. The molecule has 1 aliphatic carbocycles. The molecule has 0 unspecified atom stereocenters. The van der Waals surface area contributed by atoms with Gasteiger partial charge in [-0.3, -0.25) is 10.1 Å². The molecule has 0 saturated carbocycles. The number of nitrogens with one attached hydrogen (secondary N) is 1. The summed E-state index contributed by atoms with van der Waals surface area (Å²) < 4.78 is 50.5. The Morgan fingerprint density at radius 3 is 2.72 bits per heavy atom. The number of carbonyl (C=O) groups is 1. The standard InChI is InChI=1S/C28H23ClF3N3O4/c29-20-8-11-25-24(13-20)33-27(39-25)34-26(36)15-37-21-9-10-22-18(12-21)2-1-3-23(22)35-38-14-17-4-6-19(7-5-17)28(31,32)16-30/h4-13H,1-3,14-16H2,(H,33,34,36). The van der Waals surface area contributed by atoms with Crippen LogP contribution in [0.3, 0.4) is 0 Å². The van der Waals surface area contributed by atoms with Gasteiger partial charge in [0.15, 0.2) is 18.9 Å². The fourth-order valence-corrected chi connectivity index (χ4v) is 4.36. The lowest BCUT2D eigenvalue weighted by Gasteiger charge is -2.18. The Hall–Kier alpha value is -4.05. The molecule has 3 aromatic carbocycles. The number of aryl methyl sites for hydroxylation is 1. The van der Waals surface area contributed by atoms with E-state index in [4.69, 9.17) is 25.6 Å². The summed E-state index contributed by atoms with van der Waals surface area (Å²) in [5.74, 6) is -3.40. The number of aromatic nitrogens is 1. The van der Waals surface area contributed by atoms with Gasteiger partial charge in [0.05, 0.1) is 5.71 Å². The van der Waals surface area contributed by atoms with Gasteiger partial charge in [-0.1, -0.05) is 41.0 Å². The zero-order chi connectivity index (χ0) is 27.4. The number of rotatable bonds is 9. The Morgan fingerprint density at radius 2 is 1.92 bits per heavy atom. The van der Waals surface area contributed by atoms with Gasteiger partial charge in [-0.05, 0) is 66.8 Å². The van der Waals surface area contributed by atoms with Gasteiger partial charge in [-0.2, -0.15) is 13.8 Å². The lowest BCUT2D eigenvalue weighted by molar-refractivity contribution is -0.118. The van der Waals surface area contributed by atoms with Crippen LogP contribution in [0.15, 0.2) is 70.2 Å². The zero-order valence-corrected chi connectivity index (χ0v) is 21.3. The topological polar surface area (TPSA) is 86.0 Å². The highest BCUT2D eigenvalue weighted by Gasteiger charge is 2.31. The number of oxime groups is 1. The van der Waals surface area contributed by atoms with Crippen molar-refractivity contribution >= 4 is 40.3 Å². The van der Waals surface area contributed by atoms with Crippen LogP contribution >= 0.6 is 11.6 Å². The van der Waals surface area contributed by atoms with Crippen LogP contribution in [-0.2, 0) is 28.6 Å². The molecule has 0 fully saturated rings. The molecule has 202 valence electrons. The molecule has 7 nitrogen and oxygen atoms in total. The van der Waals surface area contributed by atoms with E-state index in [-0.39, 0.29) is 24.8 Å². The Kier molecular flexibility index (Phi) is 7.74. The fourth-order valence-electron chi connectivity index (χ4n) is 4.19. The van der Waals surface area contributed by atoms with Gasteiger partial charge in [0, 0.05) is 16.1 Å². The smallest absolute Gasteiger partial charge is 0.302 e. The quantitative estimate of drug-likeness (QED) is 0.228. The van der Waals surface area contributed by atoms with Gasteiger partial charge in [0.25, 0.3) is 5.91 Å². The predicted octanol–water partition coefficient (Wildman–Crippen LogP) is 6.82. The first kappa shape index (κ1) is 26.6. The van der Waals surface area contributed by atoms with E-state index in [1.54, 1.807) is 24.3 Å². The number of benzene rings is 3. The molecule has 1 amide bonds. The molecule has 1 heterocycles. The lowest BCUT2D eigenvalue weighted by Crippen LogP contribution is -2.20. The van der Waals surface area contributed by atoms with Gasteiger partial charge < -0.3 is 14.0 Å². The lowest BCUT2D eigenvalue weighted by atomic mass is 9.90. The van der Waals surface area contributed by atoms with Crippen LogP contribution in [0.5, 0.6) is 5.75 Å². The number of oxazole rings is 1. The van der Waals surface area contributed by atoms with Crippen molar-refractivity contribution in [3.05, 3.63) is 87.9 Å². The summed E-state index contributed by atoms with van der Waals surface area (Å²) in [6.07, 6.45) is 2.38. The molecule has 11 heteroatoms. The second-order valence-electron chi connectivity index (χ2n) is 8.99. The second-order valence-corrected chi connectivity index (χ2v) is 9.42. The van der Waals surface area contributed by atoms with Gasteiger partial charge in [0.2, 0.25) is 0 Å². The van der Waals surface area contributed by atoms with Crippen LogP contribution in [0.4, 0.5) is 19.2 Å². The molecule has 39 heavy (non-hydrogen) atoms. The van der Waals surface area contributed by atoms with Crippen molar-refractivity contribution in [1.82, 2.24) is 4.98 Å². The van der Waals surface area contributed by atoms with Crippen molar-refractivity contribution in [3.8, 4) is 5.75 Å². The summed E-state index contributed by atoms with van der Waals surface area (Å²) in [7, 11) is 0. The van der Waals surface area contributed by atoms with Crippen LogP contribution in [0.25, 0.3) is 11.1 Å². The summed E-state index contributed by atoms with van der Waals surface area (Å²) in [4.78, 5) is 22.0. The number of halogens is 4. The van der Waals surface area contributed by atoms with Gasteiger partial charge >= 0.3 is 11.9 Å². The fraction of sp³-hybridized carbons (Fsp3) is 0.250. The molecule has 0 bridgehead atoms. The van der Waals surface area contributed by atoms with Gasteiger partial charge in [0.1, 0.15) is 17.9 Å². The first-order chi connectivity index (χ1) is 18.8. The number of hydrogen-bond donors (Lipinski definition) is 1. The van der Waals surface area contributed by atoms with E-state index in [1.165, 1.54) is 24.3 Å². The average molecular weight is 558 g/mol. The molecular weight excluding hydrogens is 535 g/mol. The molecule has 0 atom stereocenters. The Bertz CT molecular complexity index is 1520. The van der Waals surface area contributed by atoms with E-state index in [1.807, 2.05) is 12.1 Å². The molecular formula is C28H23ClF3N3O4. The molecule has 0 saturated heterocycles. The Morgan fingerprint density at radius 1 is 1.10 bits per heavy atom. The largest absolute Gasteiger partial charge is 0.484 e. The summed E-state index contributed by atoms with van der Waals surface area (Å²) in [6, 6.07) is 15.8. The second kappa shape index (κ2) is 11.4. The number of alkyl halides is 3. The summed E-state index contributed by atoms with van der Waals surface area (Å²) in [6.45, 7) is -1.89. The predicted molar refractivity (Wildman–Crippen MR) is 140 cm³/mol. The number of carbonyl (C=O) groups excluding carboxylic acids is 1. The number of amides is 1. The van der Waals surface area contributed by atoms with Crippen LogP contribution in [0.1, 0.15) is 35.1 Å². The van der Waals surface area contributed by atoms with Gasteiger partial charge in [-0.25, -0.2) is 4.39 Å². The first-order valence-corrected chi connectivity index (χ1v) is 12.5. The number of nitrogens with zero attached hydrogens (tertiary/aromatic N) is 2. The zero-order valence-electron chi connectivity index (χ0n) is 20.6. The van der Waals surface area contributed by atoms with Crippen molar-refractivity contribution in [2.24, 2.45) is 5.16 Å². The molecule has 0 aliphatic heterocycles. The van der Waals surface area contributed by atoms with Crippen LogP contribution < -0.4 is 10.1 Å². The van der Waals surface area contributed by atoms with E-state index in [0.717, 1.165) is 29.7 Å². The van der Waals surface area contributed by atoms with E-state index >= 15 is 0 Å². The maximum absolute atomic E-state index is 13.4. The summed E-state index contributed by atoms with van der Waals surface area (Å²) in [5.41, 5.74) is 3.98. The minimum atomic E-state index is -3.50. The monoisotopic (exact) mass is 557 g/mol. The highest BCUT2D eigenvalue weighted by molar-refractivity contribution is 6.31. The normalized spacial score (nSPS) is 14.3. The van der Waals surface area contributed by atoms with Crippen LogP contribution in [-0.4, -0.2) is 29.9 Å². The third-order valence-corrected chi connectivity index (χ3v) is 6.40. The molecule has 1 aromatic heterocycles. The minimum Gasteiger partial charge on any atom is -0.484 e. The maximum atomic E-state index is 13.4. The van der Waals surface area contributed by atoms with Gasteiger partial charge in [-0.15, -0.1) is 0 Å². The highest BCUT2D eigenvalue weighted by atomic mass is 35.5. The number of fused-ring (bicyclic) bond motifs is 2. The van der Waals surface area contributed by atoms with Crippen molar-refractivity contribution in [2.75, 3.05) is 18.6 Å². The number of anilines is 1. The van der Waals surface area contributed by atoms with Crippen molar-refractivity contribution in [3.63, 3.8) is 0 Å². The minimum absolute atomic E-state index is 0.0563. The molecule has 1 N–H and O–H groups in total. The Labute approximate surface area is 226 Å². The molecule has 0 spiro atoms. The van der Waals surface area contributed by atoms with E-state index < -0.39 is 18.5 Å². The van der Waals surface area contributed by atoms with E-state index in [9.17, 15) is 18.0 Å². The summed E-state index contributed by atoms with van der Waals surface area (Å²) >= 11 is 5.95. The average Bonchev–Trinajstić information content (AvgIpc) is 3.33. The van der Waals surface area contributed by atoms with Crippen molar-refractivity contribution in [1.29, 1.82) is 0 Å². The van der Waals surface area contributed by atoms with E-state index in [2.05, 4.69) is 15.5 Å². The third-order valence-electron chi connectivity index (χ3n) is 6.16. The molecule has 1 aliphatic rings. The summed E-state index contributed by atoms with van der Waals surface area (Å²) in [5, 5.41) is 7.34. The molecule has 5 rings (SSSR count). The first-order valence-electron chi connectivity index (χ1n) is 12.1. The van der Waals surface area contributed by atoms with Crippen molar-refractivity contribution in [2.45, 2.75) is 31.8 Å². The van der Waals surface area contributed by atoms with E-state index in [0.29, 0.717) is 33.9 Å². The number of ether oxygens (including phenoxy) is 1. The van der Waals surface area contributed by atoms with Crippen molar-refractivity contribution < 1.29 is 32.0 Å². The van der Waals surface area contributed by atoms with Crippen LogP contribution in [0, 0.1) is 0 Å². The third kappa shape index (κ3) is 6.34. The molecule has 4 aromatic rings. The maximum Gasteiger partial charge on any atom is 0.302 e. The number of hydrogen-bond acceptors (Lipinski definition) is 6. The molecule has 0 radical (unpaired) electrons. The SMILES string of the molecule is O=C(COc1ccc2c(c1)CCCC2=NOCc1ccc(C(F)(F)CF)cc1)Nc1nc2cc(Cl)ccc2o1. The van der Waals surface area contributed by atoms with Crippen LogP contribution in [0.2, 0.25) is 5.02 Å². The highest BCUT2D eigenvalue weighted by Crippen LogP contribution is 2.29.